The molecule has 0 saturated carbocycles. The molecule has 130 valence electrons. The number of hydrogen-bond acceptors (Lipinski definition) is 3. The molecule has 1 unspecified atom stereocenters. The summed E-state index contributed by atoms with van der Waals surface area (Å²) in [4.78, 5) is 14.6. The summed E-state index contributed by atoms with van der Waals surface area (Å²) < 4.78 is 0. The van der Waals surface area contributed by atoms with Crippen LogP contribution in [0.25, 0.3) is 0 Å². The van der Waals surface area contributed by atoms with E-state index in [1.807, 2.05) is 0 Å². The summed E-state index contributed by atoms with van der Waals surface area (Å²) in [6.07, 6.45) is 12.6. The Bertz CT molecular complexity index is 657. The first-order valence-corrected chi connectivity index (χ1v) is 10.2. The average Bonchev–Trinajstić information content (AvgIpc) is 3.19. The number of nitrogens with one attached hydrogen (secondary N) is 1. The van der Waals surface area contributed by atoms with Crippen LogP contribution in [0.5, 0.6) is 0 Å². The minimum atomic E-state index is -0.0469. The number of allylic oxidation sites excluding steroid dienone is 2. The monoisotopic (exact) mass is 344 g/mol. The third kappa shape index (κ3) is 4.15. The number of carbonyl (C=O) groups excluding carboxylic acids is 1. The summed E-state index contributed by atoms with van der Waals surface area (Å²) in [6.45, 7) is 4.51. The number of aryl methyl sites for hydroxylation is 1. The first-order valence-electron chi connectivity index (χ1n) is 9.35. The number of rotatable bonds is 6. The van der Waals surface area contributed by atoms with Crippen LogP contribution >= 0.6 is 11.3 Å². The van der Waals surface area contributed by atoms with Gasteiger partial charge in [-0.25, -0.2) is 5.43 Å². The molecule has 0 bridgehead atoms. The van der Waals surface area contributed by atoms with Crippen molar-refractivity contribution >= 4 is 23.0 Å². The van der Waals surface area contributed by atoms with E-state index in [4.69, 9.17) is 0 Å². The van der Waals surface area contributed by atoms with Crippen LogP contribution in [0.4, 0.5) is 0 Å². The van der Waals surface area contributed by atoms with Crippen LogP contribution in [-0.2, 0) is 12.8 Å². The highest BCUT2D eigenvalue weighted by Gasteiger charge is 2.21. The van der Waals surface area contributed by atoms with Crippen molar-refractivity contribution in [2.45, 2.75) is 71.6 Å². The summed E-state index contributed by atoms with van der Waals surface area (Å²) in [6, 6.07) is 2.08. The number of unbranched alkanes of at least 4 members (excludes halogenated alkanes) is 2. The van der Waals surface area contributed by atoms with Gasteiger partial charge in [-0.15, -0.1) is 11.3 Å². The fourth-order valence-corrected chi connectivity index (χ4v) is 4.69. The van der Waals surface area contributed by atoms with Crippen molar-refractivity contribution in [2.75, 3.05) is 0 Å². The molecule has 1 aromatic rings. The highest BCUT2D eigenvalue weighted by Crippen LogP contribution is 2.32. The van der Waals surface area contributed by atoms with E-state index in [0.29, 0.717) is 0 Å². The van der Waals surface area contributed by atoms with E-state index in [2.05, 4.69) is 36.5 Å². The fraction of sp³-hybridized carbons (Fsp3) is 0.600. The largest absolute Gasteiger partial charge is 0.281 e. The second-order valence-electron chi connectivity index (χ2n) is 7.13. The van der Waals surface area contributed by atoms with Crippen molar-refractivity contribution in [3.63, 3.8) is 0 Å². The van der Waals surface area contributed by atoms with Gasteiger partial charge in [0.2, 0.25) is 0 Å². The van der Waals surface area contributed by atoms with Gasteiger partial charge in [-0.1, -0.05) is 32.8 Å². The molecule has 1 N–H and O–H groups in total. The van der Waals surface area contributed by atoms with Gasteiger partial charge in [-0.3, -0.25) is 4.79 Å². The summed E-state index contributed by atoms with van der Waals surface area (Å²) in [5.74, 6) is 0.687. The molecule has 2 aliphatic rings. The van der Waals surface area contributed by atoms with E-state index < -0.39 is 0 Å². The van der Waals surface area contributed by atoms with Crippen LogP contribution in [0.2, 0.25) is 0 Å². The first kappa shape index (κ1) is 17.4. The van der Waals surface area contributed by atoms with Crippen LogP contribution in [0.15, 0.2) is 22.8 Å². The lowest BCUT2D eigenvalue weighted by atomic mass is 9.90. The molecular weight excluding hydrogens is 316 g/mol. The highest BCUT2D eigenvalue weighted by molar-refractivity contribution is 7.14. The standard InChI is InChI=1S/C20H28N2OS/c1-3-4-5-7-15-8-6-9-17(15)21-22-20(23)19-13-16-12-14(2)10-11-18(16)24-19/h8,13-14H,3-7,9-12H2,1-2H3,(H,22,23)/b21-17+. The molecule has 24 heavy (non-hydrogen) atoms. The molecule has 0 saturated heterocycles. The first-order chi connectivity index (χ1) is 11.7. The highest BCUT2D eigenvalue weighted by atomic mass is 32.1. The maximum absolute atomic E-state index is 12.4. The van der Waals surface area contributed by atoms with Crippen molar-refractivity contribution < 1.29 is 4.79 Å². The lowest BCUT2D eigenvalue weighted by Crippen LogP contribution is -2.18. The zero-order valence-electron chi connectivity index (χ0n) is 14.9. The zero-order valence-corrected chi connectivity index (χ0v) is 15.7. The Morgan fingerprint density at radius 2 is 2.25 bits per heavy atom. The molecule has 0 spiro atoms. The minimum absolute atomic E-state index is 0.0469. The Morgan fingerprint density at radius 3 is 3.08 bits per heavy atom. The third-order valence-electron chi connectivity index (χ3n) is 5.04. The lowest BCUT2D eigenvalue weighted by Gasteiger charge is -2.16. The topological polar surface area (TPSA) is 41.5 Å². The Labute approximate surface area is 149 Å². The minimum Gasteiger partial charge on any atom is -0.266 e. The Hall–Kier alpha value is -1.42. The van der Waals surface area contributed by atoms with E-state index in [-0.39, 0.29) is 5.91 Å². The van der Waals surface area contributed by atoms with E-state index in [1.165, 1.54) is 41.7 Å². The summed E-state index contributed by atoms with van der Waals surface area (Å²) in [5.41, 5.74) is 6.59. The van der Waals surface area contributed by atoms with Crippen molar-refractivity contribution in [3.05, 3.63) is 33.0 Å². The molecule has 0 fully saturated rings. The molecule has 0 aliphatic heterocycles. The number of nitrogens with zero attached hydrogens (tertiary/aromatic N) is 1. The molecule has 3 nitrogen and oxygen atoms in total. The number of thiophene rings is 1. The van der Waals surface area contributed by atoms with Crippen LogP contribution in [0, 0.1) is 5.92 Å². The maximum atomic E-state index is 12.4. The van der Waals surface area contributed by atoms with Gasteiger partial charge in [-0.05, 0) is 68.1 Å². The van der Waals surface area contributed by atoms with Gasteiger partial charge in [0, 0.05) is 4.88 Å². The smallest absolute Gasteiger partial charge is 0.266 e. The molecular formula is C20H28N2OS. The number of hydrogen-bond donors (Lipinski definition) is 1. The van der Waals surface area contributed by atoms with Gasteiger partial charge in [0.1, 0.15) is 0 Å². The Kier molecular flexibility index (Phi) is 5.88. The second-order valence-corrected chi connectivity index (χ2v) is 8.27. The molecule has 2 aliphatic carbocycles. The van der Waals surface area contributed by atoms with Gasteiger partial charge < -0.3 is 0 Å². The van der Waals surface area contributed by atoms with Crippen molar-refractivity contribution in [2.24, 2.45) is 11.0 Å². The number of hydrazone groups is 1. The number of carbonyl (C=O) groups is 1. The van der Waals surface area contributed by atoms with Crippen LogP contribution < -0.4 is 5.43 Å². The molecule has 3 rings (SSSR count). The zero-order chi connectivity index (χ0) is 16.9. The van der Waals surface area contributed by atoms with Gasteiger partial charge >= 0.3 is 0 Å². The van der Waals surface area contributed by atoms with E-state index in [0.717, 1.165) is 48.6 Å². The lowest BCUT2D eigenvalue weighted by molar-refractivity contribution is 0.0958. The molecule has 4 heteroatoms. The SMILES string of the molecule is CCCCCC1=CCC/C1=N\NC(=O)c1cc2c(s1)CCC(C)C2. The van der Waals surface area contributed by atoms with Gasteiger partial charge in [0.15, 0.2) is 0 Å². The summed E-state index contributed by atoms with van der Waals surface area (Å²) >= 11 is 1.65. The van der Waals surface area contributed by atoms with Gasteiger partial charge in [0.25, 0.3) is 5.91 Å². The summed E-state index contributed by atoms with van der Waals surface area (Å²) in [5, 5.41) is 4.44. The third-order valence-corrected chi connectivity index (χ3v) is 6.27. The van der Waals surface area contributed by atoms with Crippen LogP contribution in [0.3, 0.4) is 0 Å². The molecule has 1 aromatic heterocycles. The van der Waals surface area contributed by atoms with Crippen molar-refractivity contribution in [1.29, 1.82) is 0 Å². The van der Waals surface area contributed by atoms with Crippen LogP contribution in [0.1, 0.15) is 78.9 Å². The Balaban J connectivity index is 1.60. The second kappa shape index (κ2) is 8.11. The van der Waals surface area contributed by atoms with E-state index >= 15 is 0 Å². The van der Waals surface area contributed by atoms with Crippen molar-refractivity contribution in [1.82, 2.24) is 5.43 Å². The molecule has 1 atom stereocenters. The van der Waals surface area contributed by atoms with Gasteiger partial charge in [0.05, 0.1) is 10.6 Å². The number of amides is 1. The molecule has 1 heterocycles. The summed E-state index contributed by atoms with van der Waals surface area (Å²) in [7, 11) is 0. The maximum Gasteiger partial charge on any atom is 0.281 e. The van der Waals surface area contributed by atoms with E-state index in [1.54, 1.807) is 11.3 Å². The molecule has 0 aromatic carbocycles. The predicted molar refractivity (Wildman–Crippen MR) is 102 cm³/mol. The quantitative estimate of drug-likeness (QED) is 0.555. The number of fused-ring (bicyclic) bond motifs is 1. The van der Waals surface area contributed by atoms with E-state index in [9.17, 15) is 4.79 Å². The normalized spacial score (nSPS) is 21.7. The Morgan fingerprint density at radius 1 is 1.38 bits per heavy atom. The fourth-order valence-electron chi connectivity index (χ4n) is 3.59. The van der Waals surface area contributed by atoms with Crippen LogP contribution in [-0.4, -0.2) is 11.6 Å². The van der Waals surface area contributed by atoms with Crippen molar-refractivity contribution in [3.8, 4) is 0 Å². The molecule has 1 amide bonds. The molecule has 0 radical (unpaired) electrons. The average molecular weight is 345 g/mol. The van der Waals surface area contributed by atoms with Gasteiger partial charge in [-0.2, -0.15) is 5.10 Å². The predicted octanol–water partition coefficient (Wildman–Crippen LogP) is 5.26.